The summed E-state index contributed by atoms with van der Waals surface area (Å²) in [4.78, 5) is 13.0. The monoisotopic (exact) mass is 344 g/mol. The van der Waals surface area contributed by atoms with Crippen molar-refractivity contribution < 1.29 is 5.21 Å². The van der Waals surface area contributed by atoms with Gasteiger partial charge in [0.05, 0.1) is 11.9 Å². The van der Waals surface area contributed by atoms with Gasteiger partial charge in [-0.2, -0.15) is 9.36 Å². The van der Waals surface area contributed by atoms with Gasteiger partial charge in [-0.1, -0.05) is 23.9 Å². The van der Waals surface area contributed by atoms with Gasteiger partial charge in [0.15, 0.2) is 0 Å². The molecule has 4 rings (SSSR count). The van der Waals surface area contributed by atoms with E-state index in [4.69, 9.17) is 0 Å². The molecule has 8 nitrogen and oxygen atoms in total. The quantitative estimate of drug-likeness (QED) is 0.558. The van der Waals surface area contributed by atoms with Gasteiger partial charge >= 0.3 is 5.69 Å². The highest BCUT2D eigenvalue weighted by Gasteiger charge is 2.28. The third-order valence-corrected chi connectivity index (χ3v) is 5.02. The van der Waals surface area contributed by atoms with Crippen LogP contribution in [0.5, 0.6) is 0 Å². The van der Waals surface area contributed by atoms with E-state index in [-0.39, 0.29) is 5.69 Å². The summed E-state index contributed by atoms with van der Waals surface area (Å²) >= 11 is 1.51. The van der Waals surface area contributed by atoms with Gasteiger partial charge in [0.25, 0.3) is 0 Å². The number of hydrogen-bond acceptors (Lipinski definition) is 6. The van der Waals surface area contributed by atoms with E-state index < -0.39 is 0 Å². The Morgan fingerprint density at radius 3 is 2.75 bits per heavy atom. The van der Waals surface area contributed by atoms with Gasteiger partial charge in [0, 0.05) is 12.8 Å². The van der Waals surface area contributed by atoms with Crippen molar-refractivity contribution in [3.8, 4) is 5.69 Å². The van der Waals surface area contributed by atoms with Crippen LogP contribution in [-0.2, 0) is 12.8 Å². The molecule has 124 valence electrons. The average Bonchev–Trinajstić information content (AvgIpc) is 3.27. The third kappa shape index (κ3) is 2.71. The first-order valence-corrected chi connectivity index (χ1v) is 8.61. The van der Waals surface area contributed by atoms with Crippen LogP contribution in [0.2, 0.25) is 0 Å². The van der Waals surface area contributed by atoms with Gasteiger partial charge < -0.3 is 5.21 Å². The van der Waals surface area contributed by atoms with Crippen molar-refractivity contribution in [1.29, 1.82) is 0 Å². The number of nitrogens with zero attached hydrogens (tertiary/aromatic N) is 6. The van der Waals surface area contributed by atoms with Crippen molar-refractivity contribution in [2.45, 2.75) is 29.5 Å². The van der Waals surface area contributed by atoms with Gasteiger partial charge in [-0.15, -0.1) is 9.94 Å². The summed E-state index contributed by atoms with van der Waals surface area (Å²) in [7, 11) is 1.58. The molecule has 3 aromatic rings. The summed E-state index contributed by atoms with van der Waals surface area (Å²) in [5.41, 5.74) is 2.81. The van der Waals surface area contributed by atoms with Crippen molar-refractivity contribution in [3.05, 3.63) is 52.1 Å². The van der Waals surface area contributed by atoms with Crippen LogP contribution in [0.4, 0.5) is 0 Å². The number of aryl methyl sites for hydroxylation is 1. The van der Waals surface area contributed by atoms with Crippen LogP contribution >= 0.6 is 11.8 Å². The zero-order valence-electron chi connectivity index (χ0n) is 13.0. The highest BCUT2D eigenvalue weighted by atomic mass is 32.2. The number of tetrazole rings is 1. The summed E-state index contributed by atoms with van der Waals surface area (Å²) in [5, 5.41) is 21.8. The number of benzene rings is 1. The Balaban J connectivity index is 1.74. The SMILES string of the molecule is Cn1nnn(-c2cccc(C3CC3)c2CSc2ccn(O)n2)c1=O. The minimum Gasteiger partial charge on any atom is -0.412 e. The standard InChI is InChI=1S/C15H16N6O2S/c1-19-15(22)21(18-17-19)13-4-2-3-11(10-5-6-10)12(13)9-24-14-7-8-20(23)16-14/h2-4,7-8,10,23H,5-6,9H2,1H3. The van der Waals surface area contributed by atoms with Crippen molar-refractivity contribution >= 4 is 11.8 Å². The zero-order chi connectivity index (χ0) is 16.7. The molecule has 2 heterocycles. The highest BCUT2D eigenvalue weighted by molar-refractivity contribution is 7.98. The second-order valence-corrected chi connectivity index (χ2v) is 6.77. The number of aromatic nitrogens is 6. The van der Waals surface area contributed by atoms with Gasteiger partial charge in [-0.3, -0.25) is 0 Å². The molecule has 1 aromatic carbocycles. The molecule has 0 atom stereocenters. The van der Waals surface area contributed by atoms with E-state index in [1.165, 1.54) is 45.7 Å². The minimum absolute atomic E-state index is 0.270. The van der Waals surface area contributed by atoms with Crippen LogP contribution in [0.3, 0.4) is 0 Å². The summed E-state index contributed by atoms with van der Waals surface area (Å²) < 4.78 is 2.56. The predicted octanol–water partition coefficient (Wildman–Crippen LogP) is 1.57. The molecule has 0 radical (unpaired) electrons. The molecule has 1 aliphatic carbocycles. The molecule has 0 amide bonds. The first-order chi connectivity index (χ1) is 11.6. The van der Waals surface area contributed by atoms with E-state index in [1.54, 1.807) is 13.1 Å². The first kappa shape index (κ1) is 15.0. The fourth-order valence-corrected chi connectivity index (χ4v) is 3.62. The molecule has 1 aliphatic rings. The Bertz CT molecular complexity index is 940. The fourth-order valence-electron chi connectivity index (χ4n) is 2.71. The number of rotatable bonds is 5. The maximum atomic E-state index is 12.2. The summed E-state index contributed by atoms with van der Waals surface area (Å²) in [6, 6.07) is 7.71. The lowest BCUT2D eigenvalue weighted by Crippen LogP contribution is -2.23. The van der Waals surface area contributed by atoms with E-state index >= 15 is 0 Å². The van der Waals surface area contributed by atoms with E-state index in [1.807, 2.05) is 12.1 Å². The molecule has 0 spiro atoms. The maximum Gasteiger partial charge on any atom is 0.368 e. The molecule has 1 fully saturated rings. The molecule has 9 heteroatoms. The van der Waals surface area contributed by atoms with E-state index in [2.05, 4.69) is 21.6 Å². The summed E-state index contributed by atoms with van der Waals surface area (Å²) in [5.74, 6) is 1.19. The largest absolute Gasteiger partial charge is 0.412 e. The van der Waals surface area contributed by atoms with E-state index in [0.29, 0.717) is 11.7 Å². The van der Waals surface area contributed by atoms with Crippen LogP contribution in [0.25, 0.3) is 5.69 Å². The molecule has 0 bridgehead atoms. The van der Waals surface area contributed by atoms with Gasteiger partial charge in [-0.05, 0) is 52.4 Å². The van der Waals surface area contributed by atoms with E-state index in [0.717, 1.165) is 21.1 Å². The number of hydrogen-bond donors (Lipinski definition) is 1. The average molecular weight is 344 g/mol. The maximum absolute atomic E-state index is 12.2. The van der Waals surface area contributed by atoms with Gasteiger partial charge in [0.2, 0.25) is 0 Å². The van der Waals surface area contributed by atoms with Crippen molar-refractivity contribution in [3.63, 3.8) is 0 Å². The van der Waals surface area contributed by atoms with Crippen LogP contribution in [-0.4, -0.2) is 34.9 Å². The Labute approximate surface area is 141 Å². The Morgan fingerprint density at radius 2 is 2.12 bits per heavy atom. The summed E-state index contributed by atoms with van der Waals surface area (Å²) in [6.45, 7) is 0. The van der Waals surface area contributed by atoms with Crippen molar-refractivity contribution in [1.82, 2.24) is 29.7 Å². The fraction of sp³-hybridized carbons (Fsp3) is 0.333. The van der Waals surface area contributed by atoms with Crippen LogP contribution < -0.4 is 5.69 Å². The van der Waals surface area contributed by atoms with Crippen LogP contribution in [0.15, 0.2) is 40.3 Å². The van der Waals surface area contributed by atoms with Crippen LogP contribution in [0, 0.1) is 0 Å². The predicted molar refractivity (Wildman–Crippen MR) is 87.5 cm³/mol. The lowest BCUT2D eigenvalue weighted by Gasteiger charge is -2.13. The number of thioether (sulfide) groups is 1. The first-order valence-electron chi connectivity index (χ1n) is 7.62. The lowest BCUT2D eigenvalue weighted by atomic mass is 10.0. The van der Waals surface area contributed by atoms with Crippen LogP contribution in [0.1, 0.15) is 29.9 Å². The Hall–Kier alpha value is -2.55. The molecule has 2 aromatic heterocycles. The Morgan fingerprint density at radius 1 is 1.29 bits per heavy atom. The third-order valence-electron chi connectivity index (χ3n) is 4.07. The van der Waals surface area contributed by atoms with Crippen molar-refractivity contribution in [2.75, 3.05) is 0 Å². The smallest absolute Gasteiger partial charge is 0.368 e. The molecule has 1 N–H and O–H groups in total. The van der Waals surface area contributed by atoms with Gasteiger partial charge in [-0.25, -0.2) is 4.79 Å². The minimum atomic E-state index is -0.270. The Kier molecular flexibility index (Phi) is 3.64. The molecule has 1 saturated carbocycles. The normalized spacial score (nSPS) is 14.2. The van der Waals surface area contributed by atoms with Gasteiger partial charge in [0.1, 0.15) is 5.03 Å². The summed E-state index contributed by atoms with van der Waals surface area (Å²) in [6.07, 6.45) is 3.83. The molecule has 0 aliphatic heterocycles. The van der Waals surface area contributed by atoms with Crippen molar-refractivity contribution in [2.24, 2.45) is 7.05 Å². The topological polar surface area (TPSA) is 90.8 Å². The molecule has 0 unspecified atom stereocenters. The zero-order valence-corrected chi connectivity index (χ0v) is 13.8. The highest BCUT2D eigenvalue weighted by Crippen LogP contribution is 2.43. The second-order valence-electron chi connectivity index (χ2n) is 5.78. The molecular formula is C15H16N6O2S. The lowest BCUT2D eigenvalue weighted by molar-refractivity contribution is 0.145. The van der Waals surface area contributed by atoms with E-state index in [9.17, 15) is 10.0 Å². The molecule has 24 heavy (non-hydrogen) atoms. The molecular weight excluding hydrogens is 328 g/mol. The second kappa shape index (κ2) is 5.82. The molecule has 0 saturated heterocycles.